The zero-order valence-corrected chi connectivity index (χ0v) is 13.0. The minimum absolute atomic E-state index is 0. The summed E-state index contributed by atoms with van der Waals surface area (Å²) in [6.45, 7) is 3.57. The Kier molecular flexibility index (Phi) is 4.95. The fourth-order valence-corrected chi connectivity index (χ4v) is 3.24. The van der Waals surface area contributed by atoms with E-state index in [1.165, 1.54) is 0 Å². The molecule has 20 heavy (non-hydrogen) atoms. The molecule has 1 N–H and O–H groups in total. The molecule has 1 aromatic rings. The van der Waals surface area contributed by atoms with Gasteiger partial charge in [0.2, 0.25) is 5.91 Å². The number of hydrogen-bond donors (Lipinski definition) is 1. The highest BCUT2D eigenvalue weighted by Gasteiger charge is 2.53. The largest absolute Gasteiger partial charge is 0.341 e. The number of benzene rings is 1. The van der Waals surface area contributed by atoms with Gasteiger partial charge in [0, 0.05) is 24.7 Å². The maximum atomic E-state index is 12.8. The number of carbonyl (C=O) groups excluding carboxylic acids is 1. The summed E-state index contributed by atoms with van der Waals surface area (Å²) in [7, 11) is 0. The Hall–Kier alpha value is -0.770. The van der Waals surface area contributed by atoms with E-state index in [0.29, 0.717) is 0 Å². The third-order valence-corrected chi connectivity index (χ3v) is 4.51. The van der Waals surface area contributed by atoms with E-state index in [1.807, 2.05) is 29.2 Å². The Bertz CT molecular complexity index is 481. The third-order valence-electron chi connectivity index (χ3n) is 4.18. The van der Waals surface area contributed by atoms with Gasteiger partial charge in [0.25, 0.3) is 0 Å². The molecule has 0 bridgehead atoms. The lowest BCUT2D eigenvalue weighted by Crippen LogP contribution is -2.41. The molecule has 0 radical (unpaired) electrons. The zero-order valence-electron chi connectivity index (χ0n) is 11.4. The van der Waals surface area contributed by atoms with Gasteiger partial charge < -0.3 is 10.2 Å². The summed E-state index contributed by atoms with van der Waals surface area (Å²) >= 11 is 6.28. The monoisotopic (exact) mass is 314 g/mol. The molecule has 0 aromatic heterocycles. The second kappa shape index (κ2) is 6.33. The van der Waals surface area contributed by atoms with Crippen LogP contribution >= 0.6 is 24.0 Å². The molecule has 5 heteroatoms. The van der Waals surface area contributed by atoms with Gasteiger partial charge in [0.15, 0.2) is 0 Å². The van der Waals surface area contributed by atoms with Crippen molar-refractivity contribution in [1.29, 1.82) is 0 Å². The second-order valence-electron chi connectivity index (χ2n) is 5.46. The van der Waals surface area contributed by atoms with Crippen molar-refractivity contribution < 1.29 is 4.79 Å². The van der Waals surface area contributed by atoms with E-state index in [1.54, 1.807) is 0 Å². The number of nitrogens with one attached hydrogen (secondary N) is 1. The molecule has 1 aromatic carbocycles. The average molecular weight is 315 g/mol. The minimum atomic E-state index is -0.331. The fraction of sp³-hybridized carbons (Fsp3) is 0.533. The van der Waals surface area contributed by atoms with Gasteiger partial charge in [-0.1, -0.05) is 29.8 Å². The molecule has 1 aliphatic carbocycles. The molecule has 1 saturated carbocycles. The van der Waals surface area contributed by atoms with E-state index in [0.717, 1.165) is 56.0 Å². The van der Waals surface area contributed by atoms with Crippen LogP contribution in [0.15, 0.2) is 24.3 Å². The third kappa shape index (κ3) is 2.80. The fourth-order valence-electron chi connectivity index (χ4n) is 2.92. The smallest absolute Gasteiger partial charge is 0.233 e. The molecule has 110 valence electrons. The molecule has 3 rings (SSSR count). The topological polar surface area (TPSA) is 32.3 Å². The SMILES string of the molecule is Cl.O=C(N1CCCNCC1)C1(c2ccccc2Cl)CC1. The summed E-state index contributed by atoms with van der Waals surface area (Å²) in [6.07, 6.45) is 2.89. The van der Waals surface area contributed by atoms with Crippen LogP contribution in [-0.2, 0) is 10.2 Å². The Morgan fingerprint density at radius 2 is 1.95 bits per heavy atom. The lowest BCUT2D eigenvalue weighted by molar-refractivity contribution is -0.133. The Balaban J connectivity index is 0.00000147. The first-order valence-corrected chi connectivity index (χ1v) is 7.37. The molecular weight excluding hydrogens is 295 g/mol. The molecule has 2 fully saturated rings. The summed E-state index contributed by atoms with van der Waals surface area (Å²) in [5.41, 5.74) is 0.682. The molecule has 3 nitrogen and oxygen atoms in total. The van der Waals surface area contributed by atoms with Crippen LogP contribution in [-0.4, -0.2) is 37.0 Å². The van der Waals surface area contributed by atoms with E-state index in [4.69, 9.17) is 11.6 Å². The predicted molar refractivity (Wildman–Crippen MR) is 83.7 cm³/mol. The normalized spacial score (nSPS) is 20.8. The lowest BCUT2D eigenvalue weighted by atomic mass is 9.94. The second-order valence-corrected chi connectivity index (χ2v) is 5.86. The van der Waals surface area contributed by atoms with Crippen LogP contribution in [0.3, 0.4) is 0 Å². The van der Waals surface area contributed by atoms with Crippen LogP contribution in [0.4, 0.5) is 0 Å². The molecule has 1 heterocycles. The summed E-state index contributed by atoms with van der Waals surface area (Å²) < 4.78 is 0. The molecule has 1 amide bonds. The van der Waals surface area contributed by atoms with Crippen LogP contribution in [0, 0.1) is 0 Å². The molecular formula is C15H20Cl2N2O. The Morgan fingerprint density at radius 1 is 1.20 bits per heavy atom. The van der Waals surface area contributed by atoms with Crippen LogP contribution in [0.2, 0.25) is 5.02 Å². The van der Waals surface area contributed by atoms with Crippen LogP contribution in [0.5, 0.6) is 0 Å². The maximum absolute atomic E-state index is 12.8. The molecule has 0 unspecified atom stereocenters. The van der Waals surface area contributed by atoms with Crippen molar-refractivity contribution in [2.24, 2.45) is 0 Å². The zero-order chi connectivity index (χ0) is 13.3. The molecule has 0 spiro atoms. The van der Waals surface area contributed by atoms with Crippen molar-refractivity contribution in [2.45, 2.75) is 24.7 Å². The highest BCUT2D eigenvalue weighted by molar-refractivity contribution is 6.31. The maximum Gasteiger partial charge on any atom is 0.233 e. The summed E-state index contributed by atoms with van der Waals surface area (Å²) in [6, 6.07) is 7.78. The van der Waals surface area contributed by atoms with Crippen molar-refractivity contribution in [3.63, 3.8) is 0 Å². The van der Waals surface area contributed by atoms with Crippen LogP contribution in [0.1, 0.15) is 24.8 Å². The number of carbonyl (C=O) groups is 1. The van der Waals surface area contributed by atoms with Crippen molar-refractivity contribution in [3.05, 3.63) is 34.9 Å². The first kappa shape index (κ1) is 15.6. The number of hydrogen-bond acceptors (Lipinski definition) is 2. The summed E-state index contributed by atoms with van der Waals surface area (Å²) in [5.74, 6) is 0.268. The number of halogens is 2. The van der Waals surface area contributed by atoms with E-state index < -0.39 is 0 Å². The first-order chi connectivity index (χ1) is 9.24. The summed E-state index contributed by atoms with van der Waals surface area (Å²) in [5, 5.41) is 4.06. The van der Waals surface area contributed by atoms with Gasteiger partial charge in [-0.3, -0.25) is 4.79 Å². The van der Waals surface area contributed by atoms with E-state index in [2.05, 4.69) is 5.32 Å². The minimum Gasteiger partial charge on any atom is -0.341 e. The van der Waals surface area contributed by atoms with E-state index in [-0.39, 0.29) is 23.7 Å². The van der Waals surface area contributed by atoms with Gasteiger partial charge in [0.1, 0.15) is 0 Å². The highest BCUT2D eigenvalue weighted by atomic mass is 35.5. The number of nitrogens with zero attached hydrogens (tertiary/aromatic N) is 1. The lowest BCUT2D eigenvalue weighted by Gasteiger charge is -2.26. The van der Waals surface area contributed by atoms with E-state index >= 15 is 0 Å². The van der Waals surface area contributed by atoms with Crippen molar-refractivity contribution >= 4 is 29.9 Å². The standard InChI is InChI=1S/C15H19ClN2O.ClH/c16-13-5-2-1-4-12(13)15(6-7-15)14(19)18-10-3-8-17-9-11-18;/h1-2,4-5,17H,3,6-11H2;1H. The molecule has 1 aliphatic heterocycles. The van der Waals surface area contributed by atoms with Gasteiger partial charge in [-0.05, 0) is 37.4 Å². The number of amides is 1. The summed E-state index contributed by atoms with van der Waals surface area (Å²) in [4.78, 5) is 14.8. The van der Waals surface area contributed by atoms with Crippen molar-refractivity contribution in [2.75, 3.05) is 26.2 Å². The van der Waals surface area contributed by atoms with Gasteiger partial charge in [-0.25, -0.2) is 0 Å². The van der Waals surface area contributed by atoms with Gasteiger partial charge in [0.05, 0.1) is 5.41 Å². The quantitative estimate of drug-likeness (QED) is 0.910. The molecule has 1 saturated heterocycles. The van der Waals surface area contributed by atoms with Crippen molar-refractivity contribution in [3.8, 4) is 0 Å². The van der Waals surface area contributed by atoms with Gasteiger partial charge in [-0.2, -0.15) is 0 Å². The van der Waals surface area contributed by atoms with Crippen molar-refractivity contribution in [1.82, 2.24) is 10.2 Å². The highest BCUT2D eigenvalue weighted by Crippen LogP contribution is 2.51. The average Bonchev–Trinajstić information content (AvgIpc) is 3.24. The Labute approximate surface area is 131 Å². The molecule has 0 atom stereocenters. The van der Waals surface area contributed by atoms with Crippen LogP contribution in [0.25, 0.3) is 0 Å². The predicted octanol–water partition coefficient (Wildman–Crippen LogP) is 2.62. The number of rotatable bonds is 2. The van der Waals surface area contributed by atoms with E-state index in [9.17, 15) is 4.79 Å². The first-order valence-electron chi connectivity index (χ1n) is 6.99. The van der Waals surface area contributed by atoms with Gasteiger partial charge >= 0.3 is 0 Å². The van der Waals surface area contributed by atoms with Gasteiger partial charge in [-0.15, -0.1) is 12.4 Å². The van der Waals surface area contributed by atoms with Crippen LogP contribution < -0.4 is 5.32 Å². The molecule has 2 aliphatic rings. The Morgan fingerprint density at radius 3 is 2.65 bits per heavy atom.